The van der Waals surface area contributed by atoms with Gasteiger partial charge in [0.25, 0.3) is 5.91 Å². The zero-order chi connectivity index (χ0) is 15.0. The van der Waals surface area contributed by atoms with Crippen LogP contribution in [0, 0.1) is 6.92 Å². The molecule has 1 aliphatic heterocycles. The minimum Gasteiger partial charge on any atom is -0.480 e. The zero-order valence-corrected chi connectivity index (χ0v) is 11.8. The highest BCUT2D eigenvalue weighted by Crippen LogP contribution is 2.20. The number of aryl methyl sites for hydroxylation is 1. The minimum absolute atomic E-state index is 0.300. The number of hydrogen-bond acceptors (Lipinski definition) is 3. The van der Waals surface area contributed by atoms with Gasteiger partial charge in [-0.2, -0.15) is 5.10 Å². The maximum atomic E-state index is 12.6. The van der Waals surface area contributed by atoms with E-state index in [4.69, 9.17) is 0 Å². The van der Waals surface area contributed by atoms with Gasteiger partial charge in [0.05, 0.1) is 5.52 Å². The molecule has 1 saturated heterocycles. The fourth-order valence-electron chi connectivity index (χ4n) is 2.79. The van der Waals surface area contributed by atoms with Crippen LogP contribution in [0.4, 0.5) is 0 Å². The summed E-state index contributed by atoms with van der Waals surface area (Å²) >= 11 is 0. The van der Waals surface area contributed by atoms with E-state index in [-0.39, 0.29) is 5.91 Å². The zero-order valence-electron chi connectivity index (χ0n) is 11.8. The van der Waals surface area contributed by atoms with Gasteiger partial charge in [-0.3, -0.25) is 4.79 Å². The van der Waals surface area contributed by atoms with E-state index in [0.717, 1.165) is 23.9 Å². The van der Waals surface area contributed by atoms with Crippen molar-refractivity contribution in [2.75, 3.05) is 6.54 Å². The number of amides is 1. The molecule has 3 heterocycles. The number of aromatic nitrogens is 2. The van der Waals surface area contributed by atoms with Crippen LogP contribution in [0.25, 0.3) is 5.52 Å². The Hall–Kier alpha value is -2.37. The molecular formula is C15H17N3O3. The van der Waals surface area contributed by atoms with E-state index >= 15 is 0 Å². The van der Waals surface area contributed by atoms with Gasteiger partial charge in [-0.15, -0.1) is 0 Å². The van der Waals surface area contributed by atoms with E-state index in [9.17, 15) is 14.7 Å². The molecule has 1 amide bonds. The lowest BCUT2D eigenvalue weighted by Gasteiger charge is -2.32. The summed E-state index contributed by atoms with van der Waals surface area (Å²) in [5, 5.41) is 13.5. The van der Waals surface area contributed by atoms with E-state index < -0.39 is 12.0 Å². The third-order valence-corrected chi connectivity index (χ3v) is 3.89. The molecule has 1 N–H and O–H groups in total. The average Bonchev–Trinajstić information content (AvgIpc) is 2.89. The summed E-state index contributed by atoms with van der Waals surface area (Å²) in [6.45, 7) is 2.45. The summed E-state index contributed by atoms with van der Waals surface area (Å²) in [5.41, 5.74) is 2.22. The molecule has 110 valence electrons. The molecule has 0 bridgehead atoms. The molecule has 0 aromatic carbocycles. The summed E-state index contributed by atoms with van der Waals surface area (Å²) in [6, 6.07) is 4.82. The van der Waals surface area contributed by atoms with Crippen molar-refractivity contribution in [3.63, 3.8) is 0 Å². The molecule has 6 nitrogen and oxygen atoms in total. The molecule has 0 unspecified atom stereocenters. The van der Waals surface area contributed by atoms with Gasteiger partial charge in [0.1, 0.15) is 6.04 Å². The summed E-state index contributed by atoms with van der Waals surface area (Å²) < 4.78 is 1.64. The molecule has 1 fully saturated rings. The number of likely N-dealkylation sites (tertiary alicyclic amines) is 1. The minimum atomic E-state index is -0.942. The average molecular weight is 287 g/mol. The van der Waals surface area contributed by atoms with Gasteiger partial charge in [0.2, 0.25) is 0 Å². The Balaban J connectivity index is 1.93. The number of hydrogen-bond donors (Lipinski definition) is 1. The van der Waals surface area contributed by atoms with Gasteiger partial charge in [-0.1, -0.05) is 0 Å². The predicted octanol–water partition coefficient (Wildman–Crippen LogP) is 1.72. The molecular weight excluding hydrogens is 270 g/mol. The summed E-state index contributed by atoms with van der Waals surface area (Å²) in [7, 11) is 0. The van der Waals surface area contributed by atoms with E-state index in [0.29, 0.717) is 18.7 Å². The lowest BCUT2D eigenvalue weighted by molar-refractivity contribution is -0.143. The molecule has 2 aromatic heterocycles. The third kappa shape index (κ3) is 2.49. The molecule has 0 spiro atoms. The summed E-state index contributed by atoms with van der Waals surface area (Å²) in [6.07, 6.45) is 3.98. The largest absolute Gasteiger partial charge is 0.480 e. The Kier molecular flexibility index (Phi) is 3.37. The highest BCUT2D eigenvalue weighted by Gasteiger charge is 2.33. The van der Waals surface area contributed by atoms with Gasteiger partial charge in [0.15, 0.2) is 5.69 Å². The van der Waals surface area contributed by atoms with Gasteiger partial charge in [-0.05, 0) is 49.9 Å². The van der Waals surface area contributed by atoms with Crippen molar-refractivity contribution in [2.24, 2.45) is 0 Å². The van der Waals surface area contributed by atoms with Crippen LogP contribution in [0.5, 0.6) is 0 Å². The molecule has 21 heavy (non-hydrogen) atoms. The van der Waals surface area contributed by atoms with Crippen molar-refractivity contribution in [2.45, 2.75) is 32.2 Å². The monoisotopic (exact) mass is 287 g/mol. The maximum absolute atomic E-state index is 12.6. The van der Waals surface area contributed by atoms with E-state index in [1.165, 1.54) is 4.90 Å². The number of carbonyl (C=O) groups is 2. The highest BCUT2D eigenvalue weighted by atomic mass is 16.4. The Morgan fingerprint density at radius 1 is 1.33 bits per heavy atom. The SMILES string of the molecule is Cc1ccn2nc(C(=O)N3CCCC[C@H]3C(=O)O)cc2c1. The Morgan fingerprint density at radius 2 is 2.14 bits per heavy atom. The second-order valence-electron chi connectivity index (χ2n) is 5.45. The van der Waals surface area contributed by atoms with Crippen molar-refractivity contribution in [1.82, 2.24) is 14.5 Å². The van der Waals surface area contributed by atoms with Gasteiger partial charge in [0, 0.05) is 12.7 Å². The fourth-order valence-corrected chi connectivity index (χ4v) is 2.79. The summed E-state index contributed by atoms with van der Waals surface area (Å²) in [4.78, 5) is 25.3. The quantitative estimate of drug-likeness (QED) is 0.912. The summed E-state index contributed by atoms with van der Waals surface area (Å²) in [5.74, 6) is -1.24. The molecule has 1 aliphatic rings. The normalized spacial score (nSPS) is 18.9. The number of aliphatic carboxylic acids is 1. The smallest absolute Gasteiger partial charge is 0.326 e. The molecule has 0 saturated carbocycles. The van der Waals surface area contributed by atoms with Crippen LogP contribution in [0.2, 0.25) is 0 Å². The van der Waals surface area contributed by atoms with Crippen LogP contribution in [0.15, 0.2) is 24.4 Å². The third-order valence-electron chi connectivity index (χ3n) is 3.89. The van der Waals surface area contributed by atoms with Crippen LogP contribution >= 0.6 is 0 Å². The first-order valence-corrected chi connectivity index (χ1v) is 7.06. The first-order chi connectivity index (χ1) is 10.1. The molecule has 2 aromatic rings. The molecule has 3 rings (SSSR count). The second-order valence-corrected chi connectivity index (χ2v) is 5.45. The number of rotatable bonds is 2. The number of carbonyl (C=O) groups excluding carboxylic acids is 1. The maximum Gasteiger partial charge on any atom is 0.326 e. The highest BCUT2D eigenvalue weighted by molar-refractivity contribution is 5.96. The van der Waals surface area contributed by atoms with Crippen LogP contribution in [-0.4, -0.2) is 44.1 Å². The number of pyridine rings is 1. The standard InChI is InChI=1S/C15H17N3O3/c1-10-5-7-18-11(8-10)9-12(16-18)14(19)17-6-3-2-4-13(17)15(20)21/h5,7-9,13H,2-4,6H2,1H3,(H,20,21)/t13-/m0/s1. The van der Waals surface area contributed by atoms with Crippen molar-refractivity contribution in [3.05, 3.63) is 35.7 Å². The Labute approximate surface area is 122 Å². The van der Waals surface area contributed by atoms with Crippen LogP contribution in [0.1, 0.15) is 35.3 Å². The van der Waals surface area contributed by atoms with Crippen LogP contribution < -0.4 is 0 Å². The van der Waals surface area contributed by atoms with Crippen molar-refractivity contribution in [3.8, 4) is 0 Å². The molecule has 6 heteroatoms. The fraction of sp³-hybridized carbons (Fsp3) is 0.400. The number of carboxylic acids is 1. The first-order valence-electron chi connectivity index (χ1n) is 7.06. The number of piperidine rings is 1. The Bertz CT molecular complexity index is 707. The van der Waals surface area contributed by atoms with Gasteiger partial charge < -0.3 is 10.0 Å². The molecule has 0 radical (unpaired) electrons. The topological polar surface area (TPSA) is 74.9 Å². The number of nitrogens with zero attached hydrogens (tertiary/aromatic N) is 3. The first kappa shape index (κ1) is 13.6. The van der Waals surface area contributed by atoms with E-state index in [1.807, 2.05) is 19.1 Å². The second kappa shape index (κ2) is 5.20. The Morgan fingerprint density at radius 3 is 2.90 bits per heavy atom. The number of carboxylic acid groups (broad SMARTS) is 1. The van der Waals surface area contributed by atoms with Gasteiger partial charge in [-0.25, -0.2) is 9.31 Å². The van der Waals surface area contributed by atoms with E-state index in [1.54, 1.807) is 16.8 Å². The van der Waals surface area contributed by atoms with Crippen molar-refractivity contribution >= 4 is 17.4 Å². The van der Waals surface area contributed by atoms with Crippen molar-refractivity contribution < 1.29 is 14.7 Å². The molecule has 0 aliphatic carbocycles. The van der Waals surface area contributed by atoms with Crippen LogP contribution in [0.3, 0.4) is 0 Å². The van der Waals surface area contributed by atoms with E-state index in [2.05, 4.69) is 5.10 Å². The number of fused-ring (bicyclic) bond motifs is 1. The lowest BCUT2D eigenvalue weighted by Crippen LogP contribution is -2.48. The van der Waals surface area contributed by atoms with Gasteiger partial charge >= 0.3 is 5.97 Å². The predicted molar refractivity (Wildman–Crippen MR) is 76.2 cm³/mol. The molecule has 1 atom stereocenters. The lowest BCUT2D eigenvalue weighted by atomic mass is 10.0. The van der Waals surface area contributed by atoms with Crippen LogP contribution in [-0.2, 0) is 4.79 Å². The van der Waals surface area contributed by atoms with Crippen molar-refractivity contribution in [1.29, 1.82) is 0 Å².